The molecule has 0 fully saturated rings. The second-order valence-electron chi connectivity index (χ2n) is 6.99. The van der Waals surface area contributed by atoms with Crippen LogP contribution in [0.15, 0.2) is 59.5 Å². The molecule has 2 aromatic carbocycles. The van der Waals surface area contributed by atoms with Crippen LogP contribution in [0.5, 0.6) is 11.6 Å². The lowest BCUT2D eigenvalue weighted by molar-refractivity contribution is 0.0940. The Morgan fingerprint density at radius 2 is 1.88 bits per heavy atom. The Balaban J connectivity index is 1.56. The number of rotatable bonds is 7. The highest BCUT2D eigenvalue weighted by Crippen LogP contribution is 2.26. The van der Waals surface area contributed by atoms with Gasteiger partial charge in [-0.1, -0.05) is 12.1 Å². The zero-order valence-corrected chi connectivity index (χ0v) is 17.4. The van der Waals surface area contributed by atoms with Crippen LogP contribution in [0.2, 0.25) is 0 Å². The Kier molecular flexibility index (Phi) is 6.25. The average molecular weight is 452 g/mol. The van der Waals surface area contributed by atoms with Crippen LogP contribution in [0.1, 0.15) is 21.7 Å². The quantitative estimate of drug-likeness (QED) is 0.446. The summed E-state index contributed by atoms with van der Waals surface area (Å²) in [5, 5.41) is 2.51. The maximum atomic E-state index is 14.4. The predicted octanol–water partition coefficient (Wildman–Crippen LogP) is 3.11. The number of aromatic amines is 1. The third-order valence-electron chi connectivity index (χ3n) is 4.75. The highest BCUT2D eigenvalue weighted by atomic mass is 19.1. The van der Waals surface area contributed by atoms with Gasteiger partial charge in [-0.2, -0.15) is 0 Å². The van der Waals surface area contributed by atoms with Crippen molar-refractivity contribution in [2.75, 3.05) is 7.11 Å². The number of carbonyl (C=O) groups is 1. The number of carbonyl (C=O) groups excluding carboxylic acids is 1. The van der Waals surface area contributed by atoms with Gasteiger partial charge in [0, 0.05) is 18.8 Å². The zero-order chi connectivity index (χ0) is 23.4. The van der Waals surface area contributed by atoms with Crippen LogP contribution in [-0.4, -0.2) is 28.0 Å². The van der Waals surface area contributed by atoms with Gasteiger partial charge >= 0.3 is 0 Å². The summed E-state index contributed by atoms with van der Waals surface area (Å²) in [7, 11) is 1.48. The largest absolute Gasteiger partial charge is 0.485 e. The number of benzene rings is 2. The monoisotopic (exact) mass is 452 g/mol. The van der Waals surface area contributed by atoms with Crippen LogP contribution in [0.25, 0.3) is 10.9 Å². The Morgan fingerprint density at radius 3 is 2.64 bits per heavy atom. The minimum absolute atomic E-state index is 0.0880. The normalized spacial score (nSPS) is 10.8. The summed E-state index contributed by atoms with van der Waals surface area (Å²) >= 11 is 0. The van der Waals surface area contributed by atoms with E-state index in [4.69, 9.17) is 9.47 Å². The molecule has 0 aliphatic heterocycles. The molecule has 2 aromatic heterocycles. The lowest BCUT2D eigenvalue weighted by Crippen LogP contribution is -2.27. The van der Waals surface area contributed by atoms with E-state index in [2.05, 4.69) is 20.3 Å². The lowest BCUT2D eigenvalue weighted by Gasteiger charge is -2.11. The number of amides is 1. The summed E-state index contributed by atoms with van der Waals surface area (Å²) in [6, 6.07) is 11.2. The van der Waals surface area contributed by atoms with Crippen LogP contribution >= 0.6 is 0 Å². The van der Waals surface area contributed by atoms with Crippen LogP contribution < -0.4 is 20.3 Å². The van der Waals surface area contributed by atoms with Crippen LogP contribution in [-0.2, 0) is 13.2 Å². The van der Waals surface area contributed by atoms with Crippen molar-refractivity contribution < 1.29 is 23.0 Å². The first-order chi connectivity index (χ1) is 15.9. The van der Waals surface area contributed by atoms with E-state index in [0.717, 1.165) is 11.6 Å². The smallest absolute Gasteiger partial charge is 0.287 e. The van der Waals surface area contributed by atoms with Gasteiger partial charge < -0.3 is 19.8 Å². The van der Waals surface area contributed by atoms with Gasteiger partial charge in [0.2, 0.25) is 5.88 Å². The molecule has 1 amide bonds. The molecule has 8 nitrogen and oxygen atoms in total. The molecule has 2 N–H and O–H groups in total. The molecule has 168 valence electrons. The Morgan fingerprint density at radius 1 is 1.09 bits per heavy atom. The summed E-state index contributed by atoms with van der Waals surface area (Å²) in [6.45, 7) is 0.0578. The Bertz CT molecular complexity index is 1370. The van der Waals surface area contributed by atoms with E-state index in [9.17, 15) is 18.4 Å². The van der Waals surface area contributed by atoms with E-state index in [1.165, 1.54) is 37.4 Å². The van der Waals surface area contributed by atoms with Crippen molar-refractivity contribution in [1.82, 2.24) is 20.3 Å². The molecule has 0 bridgehead atoms. The Hall–Kier alpha value is -4.34. The summed E-state index contributed by atoms with van der Waals surface area (Å²) in [6.07, 6.45) is 1.54. The standard InChI is InChI=1S/C23H18F2N4O4/c1-32-18-10-14(8-9-26-18)11-27-23(31)21-28-17-7-6-16(25)20(19(17)22(30)29-21)33-12-13-2-4-15(24)5-3-13/h2-10H,11-12H2,1H3,(H,27,31)(H,28,29,30). The number of fused-ring (bicyclic) bond motifs is 1. The molecule has 4 aromatic rings. The number of hydrogen-bond acceptors (Lipinski definition) is 6. The molecule has 33 heavy (non-hydrogen) atoms. The van der Waals surface area contributed by atoms with E-state index < -0.39 is 23.1 Å². The van der Waals surface area contributed by atoms with Gasteiger partial charge in [-0.25, -0.2) is 18.7 Å². The predicted molar refractivity (Wildman–Crippen MR) is 115 cm³/mol. The molecule has 0 saturated heterocycles. The third kappa shape index (κ3) is 4.95. The summed E-state index contributed by atoms with van der Waals surface area (Å²) < 4.78 is 38.1. The van der Waals surface area contributed by atoms with E-state index >= 15 is 0 Å². The molecule has 0 spiro atoms. The second-order valence-corrected chi connectivity index (χ2v) is 6.99. The van der Waals surface area contributed by atoms with Gasteiger partial charge in [-0.15, -0.1) is 0 Å². The first kappa shape index (κ1) is 21.9. The van der Waals surface area contributed by atoms with Crippen molar-refractivity contribution in [1.29, 1.82) is 0 Å². The fourth-order valence-corrected chi connectivity index (χ4v) is 3.10. The summed E-state index contributed by atoms with van der Waals surface area (Å²) in [5.41, 5.74) is 0.673. The fraction of sp³-hybridized carbons (Fsp3) is 0.130. The van der Waals surface area contributed by atoms with E-state index in [1.54, 1.807) is 18.3 Å². The minimum Gasteiger partial charge on any atom is -0.485 e. The van der Waals surface area contributed by atoms with Crippen LogP contribution in [0.4, 0.5) is 8.78 Å². The number of nitrogens with zero attached hydrogens (tertiary/aromatic N) is 2. The number of ether oxygens (including phenoxy) is 2. The van der Waals surface area contributed by atoms with Gasteiger partial charge in [0.25, 0.3) is 11.5 Å². The average Bonchev–Trinajstić information content (AvgIpc) is 2.83. The molecule has 0 aliphatic rings. The number of methoxy groups -OCH3 is 1. The molecule has 0 saturated carbocycles. The first-order valence-corrected chi connectivity index (χ1v) is 9.81. The molecule has 0 unspecified atom stereocenters. The van der Waals surface area contributed by atoms with Gasteiger partial charge in [0.15, 0.2) is 17.4 Å². The molecule has 4 rings (SSSR count). The van der Waals surface area contributed by atoms with Crippen LogP contribution in [0, 0.1) is 11.6 Å². The van der Waals surface area contributed by atoms with E-state index in [0.29, 0.717) is 11.4 Å². The van der Waals surface area contributed by atoms with Crippen molar-refractivity contribution in [3.63, 3.8) is 0 Å². The van der Waals surface area contributed by atoms with Crippen molar-refractivity contribution in [2.45, 2.75) is 13.2 Å². The number of aromatic nitrogens is 3. The van der Waals surface area contributed by atoms with E-state index in [-0.39, 0.29) is 35.6 Å². The number of hydrogen-bond donors (Lipinski definition) is 2. The van der Waals surface area contributed by atoms with Crippen molar-refractivity contribution in [3.05, 3.63) is 93.7 Å². The second kappa shape index (κ2) is 9.43. The van der Waals surface area contributed by atoms with Gasteiger partial charge in [-0.05, 0) is 41.5 Å². The molecule has 0 atom stereocenters. The van der Waals surface area contributed by atoms with Gasteiger partial charge in [-0.3, -0.25) is 9.59 Å². The number of H-pyrrole nitrogens is 1. The zero-order valence-electron chi connectivity index (χ0n) is 17.4. The number of nitrogens with one attached hydrogen (secondary N) is 2. The summed E-state index contributed by atoms with van der Waals surface area (Å²) in [5.74, 6) is -1.94. The van der Waals surface area contributed by atoms with Crippen LogP contribution in [0.3, 0.4) is 0 Å². The highest BCUT2D eigenvalue weighted by Gasteiger charge is 2.18. The van der Waals surface area contributed by atoms with Gasteiger partial charge in [0.05, 0.1) is 12.6 Å². The fourth-order valence-electron chi connectivity index (χ4n) is 3.10. The third-order valence-corrected chi connectivity index (χ3v) is 4.75. The first-order valence-electron chi connectivity index (χ1n) is 9.81. The molecular weight excluding hydrogens is 434 g/mol. The van der Waals surface area contributed by atoms with E-state index in [1.807, 2.05) is 0 Å². The minimum atomic E-state index is -0.763. The van der Waals surface area contributed by atoms with Crippen molar-refractivity contribution in [2.24, 2.45) is 0 Å². The van der Waals surface area contributed by atoms with Crippen molar-refractivity contribution >= 4 is 16.8 Å². The highest BCUT2D eigenvalue weighted by molar-refractivity contribution is 5.93. The Labute approximate surface area is 186 Å². The topological polar surface area (TPSA) is 106 Å². The molecular formula is C23H18F2N4O4. The maximum Gasteiger partial charge on any atom is 0.287 e. The number of pyridine rings is 1. The lowest BCUT2D eigenvalue weighted by atomic mass is 10.2. The molecule has 0 aliphatic carbocycles. The molecule has 0 radical (unpaired) electrons. The molecule has 2 heterocycles. The molecule has 10 heteroatoms. The summed E-state index contributed by atoms with van der Waals surface area (Å²) in [4.78, 5) is 35.7. The number of halogens is 2. The van der Waals surface area contributed by atoms with Gasteiger partial charge in [0.1, 0.15) is 17.8 Å². The van der Waals surface area contributed by atoms with Crippen molar-refractivity contribution in [3.8, 4) is 11.6 Å². The SMILES string of the molecule is COc1cc(CNC(=O)c2nc3ccc(F)c(OCc4ccc(F)cc4)c3c(=O)[nH]2)ccn1. The maximum absolute atomic E-state index is 14.4.